The van der Waals surface area contributed by atoms with Crippen molar-refractivity contribution < 1.29 is 9.13 Å². The Balaban J connectivity index is 2.10. The second-order valence-electron chi connectivity index (χ2n) is 5.59. The number of halogens is 2. The summed E-state index contributed by atoms with van der Waals surface area (Å²) < 4.78 is 18.2. The highest BCUT2D eigenvalue weighted by atomic mass is 35.5. The van der Waals surface area contributed by atoms with Crippen molar-refractivity contribution in [3.05, 3.63) is 64.4 Å². The average molecular weight is 308 g/mol. The van der Waals surface area contributed by atoms with Gasteiger partial charge in [0.05, 0.1) is 7.11 Å². The van der Waals surface area contributed by atoms with Gasteiger partial charge < -0.3 is 10.5 Å². The molecule has 0 bridgehead atoms. The Hall–Kier alpha value is -1.58. The summed E-state index contributed by atoms with van der Waals surface area (Å²) >= 11 is 6.07. The normalized spacial score (nSPS) is 13.8. The zero-order valence-electron chi connectivity index (χ0n) is 12.2. The van der Waals surface area contributed by atoms with Gasteiger partial charge in [-0.2, -0.15) is 0 Å². The van der Waals surface area contributed by atoms with Crippen LogP contribution in [0, 0.1) is 5.82 Å². The van der Waals surface area contributed by atoms with Crippen LogP contribution in [0.5, 0.6) is 5.75 Å². The van der Waals surface area contributed by atoms with Gasteiger partial charge in [-0.05, 0) is 55.2 Å². The Morgan fingerprint density at radius 1 is 1.14 bits per heavy atom. The molecule has 0 spiro atoms. The van der Waals surface area contributed by atoms with E-state index in [2.05, 4.69) is 0 Å². The van der Waals surface area contributed by atoms with E-state index in [1.165, 1.54) is 12.1 Å². The summed E-state index contributed by atoms with van der Waals surface area (Å²) in [5.41, 5.74) is 7.89. The molecule has 0 heterocycles. The first-order valence-corrected chi connectivity index (χ1v) is 7.13. The van der Waals surface area contributed by atoms with Crippen molar-refractivity contribution in [2.24, 2.45) is 5.73 Å². The predicted octanol–water partition coefficient (Wildman–Crippen LogP) is 3.99. The first kappa shape index (κ1) is 15.8. The van der Waals surface area contributed by atoms with Crippen LogP contribution in [0.25, 0.3) is 0 Å². The summed E-state index contributed by atoms with van der Waals surface area (Å²) in [6.45, 7) is 1.97. The number of rotatable bonds is 5. The third kappa shape index (κ3) is 4.45. The third-order valence-electron chi connectivity index (χ3n) is 3.38. The van der Waals surface area contributed by atoms with Crippen LogP contribution in [0.2, 0.25) is 5.02 Å². The first-order chi connectivity index (χ1) is 9.89. The molecule has 0 aromatic heterocycles. The van der Waals surface area contributed by atoms with Gasteiger partial charge in [-0.15, -0.1) is 0 Å². The molecule has 0 aliphatic carbocycles. The highest BCUT2D eigenvalue weighted by Crippen LogP contribution is 2.24. The van der Waals surface area contributed by atoms with Gasteiger partial charge in [-0.1, -0.05) is 29.8 Å². The van der Waals surface area contributed by atoms with Crippen LogP contribution in [-0.2, 0) is 12.8 Å². The van der Waals surface area contributed by atoms with Crippen LogP contribution >= 0.6 is 11.6 Å². The molecule has 0 saturated carbocycles. The molecule has 2 aromatic carbocycles. The molecule has 1 atom stereocenters. The number of hydrogen-bond donors (Lipinski definition) is 1. The minimum absolute atomic E-state index is 0.336. The summed E-state index contributed by atoms with van der Waals surface area (Å²) in [6.07, 6.45) is 1.28. The van der Waals surface area contributed by atoms with Gasteiger partial charge >= 0.3 is 0 Å². The highest BCUT2D eigenvalue weighted by molar-refractivity contribution is 6.31. The molecule has 0 amide bonds. The van der Waals surface area contributed by atoms with Crippen molar-refractivity contribution in [3.63, 3.8) is 0 Å². The van der Waals surface area contributed by atoms with E-state index in [1.807, 2.05) is 31.2 Å². The van der Waals surface area contributed by atoms with Crippen molar-refractivity contribution in [2.75, 3.05) is 7.11 Å². The maximum Gasteiger partial charge on any atom is 0.124 e. The quantitative estimate of drug-likeness (QED) is 0.906. The van der Waals surface area contributed by atoms with E-state index in [0.29, 0.717) is 17.9 Å². The Morgan fingerprint density at radius 2 is 1.81 bits per heavy atom. The largest absolute Gasteiger partial charge is 0.497 e. The van der Waals surface area contributed by atoms with Gasteiger partial charge in [0.2, 0.25) is 0 Å². The van der Waals surface area contributed by atoms with Crippen LogP contribution in [0.3, 0.4) is 0 Å². The van der Waals surface area contributed by atoms with Crippen molar-refractivity contribution >= 4 is 11.6 Å². The average Bonchev–Trinajstić information content (AvgIpc) is 2.42. The molecule has 0 fully saturated rings. The lowest BCUT2D eigenvalue weighted by atomic mass is 9.87. The number of nitrogens with two attached hydrogens (primary N) is 1. The van der Waals surface area contributed by atoms with E-state index < -0.39 is 5.54 Å². The molecule has 0 radical (unpaired) electrons. The molecule has 21 heavy (non-hydrogen) atoms. The van der Waals surface area contributed by atoms with E-state index >= 15 is 0 Å². The topological polar surface area (TPSA) is 35.2 Å². The lowest BCUT2D eigenvalue weighted by Crippen LogP contribution is -2.41. The summed E-state index contributed by atoms with van der Waals surface area (Å²) in [7, 11) is 1.64. The number of methoxy groups -OCH3 is 1. The van der Waals surface area contributed by atoms with Crippen molar-refractivity contribution in [1.82, 2.24) is 0 Å². The lowest BCUT2D eigenvalue weighted by molar-refractivity contribution is 0.414. The maximum absolute atomic E-state index is 13.1. The second-order valence-corrected chi connectivity index (χ2v) is 6.00. The minimum Gasteiger partial charge on any atom is -0.497 e. The molecule has 1 unspecified atom stereocenters. The summed E-state index contributed by atoms with van der Waals surface area (Å²) in [4.78, 5) is 0. The van der Waals surface area contributed by atoms with Crippen LogP contribution in [-0.4, -0.2) is 12.6 Å². The van der Waals surface area contributed by atoms with Gasteiger partial charge in [-0.25, -0.2) is 4.39 Å². The fraction of sp³-hybridized carbons (Fsp3) is 0.294. The van der Waals surface area contributed by atoms with Crippen molar-refractivity contribution in [2.45, 2.75) is 25.3 Å². The second kappa shape index (κ2) is 6.46. The molecule has 112 valence electrons. The molecule has 2 rings (SSSR count). The predicted molar refractivity (Wildman–Crippen MR) is 84.4 cm³/mol. The SMILES string of the molecule is COc1ccc(CC(C)(N)Cc2ccc(F)cc2Cl)cc1. The number of benzene rings is 2. The molecule has 0 saturated heterocycles. The first-order valence-electron chi connectivity index (χ1n) is 6.75. The summed E-state index contributed by atoms with van der Waals surface area (Å²) in [5.74, 6) is 0.483. The highest BCUT2D eigenvalue weighted by Gasteiger charge is 2.21. The minimum atomic E-state index is -0.462. The van der Waals surface area contributed by atoms with Crippen molar-refractivity contribution in [1.29, 1.82) is 0 Å². The van der Waals surface area contributed by atoms with Gasteiger partial charge in [0.15, 0.2) is 0 Å². The molecule has 0 aliphatic rings. The Bertz CT molecular complexity index is 611. The van der Waals surface area contributed by atoms with E-state index in [4.69, 9.17) is 22.1 Å². The molecule has 4 heteroatoms. The lowest BCUT2D eigenvalue weighted by Gasteiger charge is -2.25. The Morgan fingerprint density at radius 3 is 2.38 bits per heavy atom. The molecule has 0 aliphatic heterocycles. The van der Waals surface area contributed by atoms with Gasteiger partial charge in [0, 0.05) is 10.6 Å². The molecule has 2 N–H and O–H groups in total. The smallest absolute Gasteiger partial charge is 0.124 e. The fourth-order valence-electron chi connectivity index (χ4n) is 2.37. The monoisotopic (exact) mass is 307 g/mol. The van der Waals surface area contributed by atoms with E-state index in [9.17, 15) is 4.39 Å². The number of ether oxygens (including phenoxy) is 1. The van der Waals surface area contributed by atoms with Crippen LogP contribution in [0.15, 0.2) is 42.5 Å². The molecule has 2 nitrogen and oxygen atoms in total. The number of hydrogen-bond acceptors (Lipinski definition) is 2. The summed E-state index contributed by atoms with van der Waals surface area (Å²) in [5, 5.41) is 0.418. The third-order valence-corrected chi connectivity index (χ3v) is 3.73. The van der Waals surface area contributed by atoms with Gasteiger partial charge in [-0.3, -0.25) is 0 Å². The van der Waals surface area contributed by atoms with Gasteiger partial charge in [0.1, 0.15) is 11.6 Å². The summed E-state index contributed by atoms with van der Waals surface area (Å²) in [6, 6.07) is 12.2. The van der Waals surface area contributed by atoms with E-state index in [0.717, 1.165) is 16.9 Å². The molecular formula is C17H19ClFNO. The Kier molecular flexibility index (Phi) is 4.86. The molecular weight excluding hydrogens is 289 g/mol. The Labute approximate surface area is 129 Å². The molecule has 2 aromatic rings. The fourth-order valence-corrected chi connectivity index (χ4v) is 2.61. The van der Waals surface area contributed by atoms with Crippen LogP contribution in [0.4, 0.5) is 4.39 Å². The van der Waals surface area contributed by atoms with Crippen LogP contribution < -0.4 is 10.5 Å². The standard InChI is InChI=1S/C17H19ClFNO/c1-17(20,10-12-3-7-15(21-2)8-4-12)11-13-5-6-14(19)9-16(13)18/h3-9H,10-11,20H2,1-2H3. The van der Waals surface area contributed by atoms with Crippen LogP contribution in [0.1, 0.15) is 18.1 Å². The van der Waals surface area contributed by atoms with E-state index in [-0.39, 0.29) is 5.82 Å². The van der Waals surface area contributed by atoms with Crippen molar-refractivity contribution in [3.8, 4) is 5.75 Å². The van der Waals surface area contributed by atoms with E-state index in [1.54, 1.807) is 13.2 Å². The van der Waals surface area contributed by atoms with Gasteiger partial charge in [0.25, 0.3) is 0 Å². The zero-order valence-corrected chi connectivity index (χ0v) is 13.0. The zero-order chi connectivity index (χ0) is 15.5. The maximum atomic E-state index is 13.1.